The van der Waals surface area contributed by atoms with Gasteiger partial charge in [0.15, 0.2) is 0 Å². The molecule has 3 rings (SSSR count). The summed E-state index contributed by atoms with van der Waals surface area (Å²) in [6.07, 6.45) is 9.15. The average molecular weight is 166 g/mol. The number of fused-ring (bicyclic) bond motifs is 5. The standard InChI is InChI=1S/C11H18O/c12-11-6-2-1-3-10(11)8-4-5-9(11)7-8/h8-10,12H,1-7H2. The highest BCUT2D eigenvalue weighted by atomic mass is 16.3. The minimum Gasteiger partial charge on any atom is -0.389 e. The van der Waals surface area contributed by atoms with Crippen molar-refractivity contribution in [3.63, 3.8) is 0 Å². The Morgan fingerprint density at radius 1 is 1.08 bits per heavy atom. The molecule has 0 aliphatic heterocycles. The first-order chi connectivity index (χ1) is 5.81. The van der Waals surface area contributed by atoms with Crippen molar-refractivity contribution >= 4 is 0 Å². The van der Waals surface area contributed by atoms with E-state index in [-0.39, 0.29) is 5.60 Å². The van der Waals surface area contributed by atoms with Crippen LogP contribution in [0.5, 0.6) is 0 Å². The molecule has 0 aromatic rings. The first-order valence-corrected chi connectivity index (χ1v) is 5.53. The quantitative estimate of drug-likeness (QED) is 0.585. The lowest BCUT2D eigenvalue weighted by molar-refractivity contribution is -0.0851. The van der Waals surface area contributed by atoms with Crippen LogP contribution in [0.25, 0.3) is 0 Å². The van der Waals surface area contributed by atoms with Crippen molar-refractivity contribution in [2.45, 2.75) is 50.5 Å². The zero-order valence-corrected chi connectivity index (χ0v) is 7.63. The molecule has 12 heavy (non-hydrogen) atoms. The molecular weight excluding hydrogens is 148 g/mol. The van der Waals surface area contributed by atoms with Crippen LogP contribution in [0.3, 0.4) is 0 Å². The maximum Gasteiger partial charge on any atom is 0.0706 e. The van der Waals surface area contributed by atoms with E-state index in [1.165, 1.54) is 38.5 Å². The number of hydrogen-bond acceptors (Lipinski definition) is 1. The van der Waals surface area contributed by atoms with Gasteiger partial charge in [0, 0.05) is 0 Å². The van der Waals surface area contributed by atoms with E-state index in [4.69, 9.17) is 0 Å². The third-order valence-electron chi connectivity index (χ3n) is 4.73. The van der Waals surface area contributed by atoms with Crippen molar-refractivity contribution in [3.05, 3.63) is 0 Å². The minimum atomic E-state index is -0.193. The lowest BCUT2D eigenvalue weighted by Crippen LogP contribution is -2.45. The fourth-order valence-corrected chi connectivity index (χ4v) is 4.19. The van der Waals surface area contributed by atoms with E-state index < -0.39 is 0 Å². The zero-order valence-electron chi connectivity index (χ0n) is 7.63. The predicted molar refractivity (Wildman–Crippen MR) is 47.7 cm³/mol. The number of aliphatic hydroxyl groups is 1. The van der Waals surface area contributed by atoms with E-state index >= 15 is 0 Å². The van der Waals surface area contributed by atoms with Crippen LogP contribution in [0.15, 0.2) is 0 Å². The maximum absolute atomic E-state index is 10.5. The molecule has 3 fully saturated rings. The van der Waals surface area contributed by atoms with Gasteiger partial charge in [-0.2, -0.15) is 0 Å². The van der Waals surface area contributed by atoms with Gasteiger partial charge >= 0.3 is 0 Å². The molecule has 3 saturated carbocycles. The molecule has 1 N–H and O–H groups in total. The monoisotopic (exact) mass is 166 g/mol. The van der Waals surface area contributed by atoms with Gasteiger partial charge in [-0.1, -0.05) is 12.8 Å². The fourth-order valence-electron chi connectivity index (χ4n) is 4.19. The molecule has 0 aromatic heterocycles. The molecule has 0 aromatic carbocycles. The highest BCUT2D eigenvalue weighted by molar-refractivity contribution is 5.08. The summed E-state index contributed by atoms with van der Waals surface area (Å²) in [4.78, 5) is 0. The largest absolute Gasteiger partial charge is 0.389 e. The van der Waals surface area contributed by atoms with E-state index in [0.717, 1.165) is 12.3 Å². The second-order valence-corrected chi connectivity index (χ2v) is 5.11. The Labute approximate surface area is 74.2 Å². The normalized spacial score (nSPS) is 57.2. The first-order valence-electron chi connectivity index (χ1n) is 5.53. The van der Waals surface area contributed by atoms with Crippen LogP contribution in [-0.4, -0.2) is 10.7 Å². The lowest BCUT2D eigenvalue weighted by atomic mass is 9.67. The maximum atomic E-state index is 10.5. The molecule has 3 aliphatic carbocycles. The molecule has 0 spiro atoms. The molecule has 3 aliphatic rings. The van der Waals surface area contributed by atoms with E-state index in [9.17, 15) is 5.11 Å². The molecule has 4 atom stereocenters. The molecule has 1 heteroatoms. The highest BCUT2D eigenvalue weighted by Gasteiger charge is 2.57. The molecule has 0 heterocycles. The molecule has 0 saturated heterocycles. The van der Waals surface area contributed by atoms with Crippen molar-refractivity contribution in [2.75, 3.05) is 0 Å². The summed E-state index contributed by atoms with van der Waals surface area (Å²) in [5.41, 5.74) is -0.193. The Morgan fingerprint density at radius 3 is 2.83 bits per heavy atom. The highest BCUT2D eigenvalue weighted by Crippen LogP contribution is 2.59. The summed E-state index contributed by atoms with van der Waals surface area (Å²) in [6.45, 7) is 0. The topological polar surface area (TPSA) is 20.2 Å². The van der Waals surface area contributed by atoms with Crippen LogP contribution >= 0.6 is 0 Å². The van der Waals surface area contributed by atoms with Crippen molar-refractivity contribution in [3.8, 4) is 0 Å². The summed E-state index contributed by atoms with van der Waals surface area (Å²) in [5.74, 6) is 2.29. The van der Waals surface area contributed by atoms with Crippen LogP contribution in [0.4, 0.5) is 0 Å². The first kappa shape index (κ1) is 7.37. The van der Waals surface area contributed by atoms with Gasteiger partial charge in [0.25, 0.3) is 0 Å². The SMILES string of the molecule is OC12CCCCC1C1CCC2C1. The Morgan fingerprint density at radius 2 is 2.00 bits per heavy atom. The van der Waals surface area contributed by atoms with Gasteiger partial charge in [0.1, 0.15) is 0 Å². The van der Waals surface area contributed by atoms with E-state index in [1.807, 2.05) is 0 Å². The van der Waals surface area contributed by atoms with Gasteiger partial charge in [0.05, 0.1) is 5.60 Å². The van der Waals surface area contributed by atoms with E-state index in [2.05, 4.69) is 0 Å². The van der Waals surface area contributed by atoms with Crippen molar-refractivity contribution in [2.24, 2.45) is 17.8 Å². The Balaban J connectivity index is 1.93. The average Bonchev–Trinajstić information content (AvgIpc) is 2.62. The summed E-state index contributed by atoms with van der Waals surface area (Å²) in [7, 11) is 0. The Bertz CT molecular complexity index is 201. The van der Waals surface area contributed by atoms with Crippen LogP contribution in [0.2, 0.25) is 0 Å². The van der Waals surface area contributed by atoms with Crippen molar-refractivity contribution < 1.29 is 5.11 Å². The molecule has 0 radical (unpaired) electrons. The van der Waals surface area contributed by atoms with Gasteiger partial charge < -0.3 is 5.11 Å². The van der Waals surface area contributed by atoms with Crippen LogP contribution < -0.4 is 0 Å². The number of hydrogen-bond donors (Lipinski definition) is 1. The summed E-state index contributed by atoms with van der Waals surface area (Å²) >= 11 is 0. The van der Waals surface area contributed by atoms with Crippen molar-refractivity contribution in [1.82, 2.24) is 0 Å². The third-order valence-corrected chi connectivity index (χ3v) is 4.73. The van der Waals surface area contributed by atoms with Gasteiger partial charge in [-0.3, -0.25) is 0 Å². The Hall–Kier alpha value is -0.0400. The van der Waals surface area contributed by atoms with Crippen LogP contribution in [0.1, 0.15) is 44.9 Å². The molecule has 0 amide bonds. The third kappa shape index (κ3) is 0.736. The summed E-state index contributed by atoms with van der Waals surface area (Å²) in [5, 5.41) is 10.5. The van der Waals surface area contributed by atoms with Crippen LogP contribution in [-0.2, 0) is 0 Å². The second-order valence-electron chi connectivity index (χ2n) is 5.11. The molecule has 1 nitrogen and oxygen atoms in total. The second kappa shape index (κ2) is 2.25. The molecule has 4 unspecified atom stereocenters. The number of rotatable bonds is 0. The molecule has 68 valence electrons. The summed E-state index contributed by atoms with van der Waals surface area (Å²) < 4.78 is 0. The zero-order chi connectivity index (χ0) is 8.18. The van der Waals surface area contributed by atoms with Crippen molar-refractivity contribution in [1.29, 1.82) is 0 Å². The van der Waals surface area contributed by atoms with E-state index in [1.54, 1.807) is 0 Å². The van der Waals surface area contributed by atoms with E-state index in [0.29, 0.717) is 11.8 Å². The van der Waals surface area contributed by atoms with Gasteiger partial charge in [-0.25, -0.2) is 0 Å². The Kier molecular flexibility index (Phi) is 1.39. The summed E-state index contributed by atoms with van der Waals surface area (Å²) in [6, 6.07) is 0. The van der Waals surface area contributed by atoms with Gasteiger partial charge in [0.2, 0.25) is 0 Å². The fraction of sp³-hybridized carbons (Fsp3) is 1.00. The molecular formula is C11H18O. The predicted octanol–water partition coefficient (Wildman–Crippen LogP) is 2.34. The lowest BCUT2D eigenvalue weighted by Gasteiger charge is -2.43. The minimum absolute atomic E-state index is 0.193. The molecule has 2 bridgehead atoms. The van der Waals surface area contributed by atoms with Gasteiger partial charge in [-0.05, 0) is 49.9 Å². The van der Waals surface area contributed by atoms with Gasteiger partial charge in [-0.15, -0.1) is 0 Å². The van der Waals surface area contributed by atoms with Crippen LogP contribution in [0, 0.1) is 17.8 Å². The smallest absolute Gasteiger partial charge is 0.0706 e.